The van der Waals surface area contributed by atoms with E-state index in [1.165, 1.54) is 0 Å². The summed E-state index contributed by atoms with van der Waals surface area (Å²) in [4.78, 5) is 0. The lowest BCUT2D eigenvalue weighted by Gasteiger charge is -2.13. The molecule has 4 heteroatoms. The van der Waals surface area contributed by atoms with Crippen molar-refractivity contribution < 1.29 is 13.2 Å². The van der Waals surface area contributed by atoms with Gasteiger partial charge < -0.3 is 5.73 Å². The molecule has 0 atom stereocenters. The first-order valence-electron chi connectivity index (χ1n) is 4.14. The van der Waals surface area contributed by atoms with Crippen LogP contribution in [0.15, 0.2) is 23.3 Å². The molecular weight excluding hydrogens is 179 g/mol. The monoisotopic (exact) mass is 191 g/mol. The van der Waals surface area contributed by atoms with E-state index in [9.17, 15) is 13.2 Å². The number of nitrogens with two attached hydrogens (primary N) is 1. The van der Waals surface area contributed by atoms with Crippen LogP contribution >= 0.6 is 0 Å². The van der Waals surface area contributed by atoms with Gasteiger partial charge in [-0.05, 0) is 24.8 Å². The Morgan fingerprint density at radius 3 is 2.31 bits per heavy atom. The van der Waals surface area contributed by atoms with Gasteiger partial charge in [0.2, 0.25) is 0 Å². The predicted octanol–water partition coefficient (Wildman–Crippen LogP) is 2.54. The lowest BCUT2D eigenvalue weighted by Crippen LogP contribution is -2.21. The Labute approximate surface area is 75.1 Å². The fourth-order valence-corrected chi connectivity index (χ4v) is 1.58. The van der Waals surface area contributed by atoms with Gasteiger partial charge in [0.25, 0.3) is 0 Å². The predicted molar refractivity (Wildman–Crippen MR) is 45.1 cm³/mol. The number of hydrogen-bond donors (Lipinski definition) is 1. The van der Waals surface area contributed by atoms with Crippen LogP contribution in [0.2, 0.25) is 0 Å². The normalized spacial score (nSPS) is 22.3. The van der Waals surface area contributed by atoms with Crippen LogP contribution in [0, 0.1) is 0 Å². The molecule has 0 bridgehead atoms. The second-order valence-electron chi connectivity index (χ2n) is 3.12. The molecule has 0 amide bonds. The highest BCUT2D eigenvalue weighted by atomic mass is 19.4. The molecule has 1 saturated carbocycles. The van der Waals surface area contributed by atoms with Gasteiger partial charge in [0, 0.05) is 6.54 Å². The average Bonchev–Trinajstić information content (AvgIpc) is 2.35. The fourth-order valence-electron chi connectivity index (χ4n) is 1.58. The van der Waals surface area contributed by atoms with Crippen LogP contribution in [0.3, 0.4) is 0 Å². The molecule has 1 aliphatic rings. The third-order valence-electron chi connectivity index (χ3n) is 2.24. The molecule has 1 rings (SSSR count). The van der Waals surface area contributed by atoms with Crippen molar-refractivity contribution in [3.05, 3.63) is 23.3 Å². The Bertz CT molecular complexity index is 250. The van der Waals surface area contributed by atoms with E-state index in [4.69, 9.17) is 5.73 Å². The van der Waals surface area contributed by atoms with Crippen LogP contribution in [-0.2, 0) is 0 Å². The summed E-state index contributed by atoms with van der Waals surface area (Å²) in [5.74, 6) is 0. The molecule has 0 heterocycles. The zero-order chi connectivity index (χ0) is 10.1. The first-order chi connectivity index (χ1) is 5.96. The quantitative estimate of drug-likeness (QED) is 0.677. The van der Waals surface area contributed by atoms with Crippen LogP contribution in [0.4, 0.5) is 13.2 Å². The zero-order valence-electron chi connectivity index (χ0n) is 7.25. The minimum Gasteiger partial charge on any atom is -0.326 e. The Balaban J connectivity index is 3.04. The Hall–Kier alpha value is -0.770. The standard InChI is InChI=1S/C9H12F3N/c1-6-3-2-4-7(6)8(5-13)9(10,11)12/h1-5,13H2/b8-7+. The summed E-state index contributed by atoms with van der Waals surface area (Å²) in [6.45, 7) is 3.16. The van der Waals surface area contributed by atoms with Crippen molar-refractivity contribution in [2.75, 3.05) is 6.54 Å². The van der Waals surface area contributed by atoms with Crippen molar-refractivity contribution >= 4 is 0 Å². The second-order valence-corrected chi connectivity index (χ2v) is 3.12. The molecule has 0 spiro atoms. The molecule has 74 valence electrons. The summed E-state index contributed by atoms with van der Waals surface area (Å²) in [5.41, 5.74) is 5.40. The molecule has 0 aromatic rings. The molecule has 0 aromatic carbocycles. The number of hydrogen-bond acceptors (Lipinski definition) is 1. The Morgan fingerprint density at radius 1 is 1.38 bits per heavy atom. The van der Waals surface area contributed by atoms with Crippen LogP contribution in [0.5, 0.6) is 0 Å². The SMILES string of the molecule is C=C1CCC/C1=C(/CN)C(F)(F)F. The van der Waals surface area contributed by atoms with E-state index in [1.54, 1.807) is 0 Å². The van der Waals surface area contributed by atoms with Crippen molar-refractivity contribution in [2.24, 2.45) is 5.73 Å². The molecule has 0 saturated heterocycles. The highest BCUT2D eigenvalue weighted by molar-refractivity contribution is 5.39. The highest BCUT2D eigenvalue weighted by Gasteiger charge is 2.36. The highest BCUT2D eigenvalue weighted by Crippen LogP contribution is 2.37. The lowest BCUT2D eigenvalue weighted by molar-refractivity contribution is -0.0929. The first-order valence-corrected chi connectivity index (χ1v) is 4.14. The van der Waals surface area contributed by atoms with E-state index in [0.29, 0.717) is 24.0 Å². The Kier molecular flexibility index (Phi) is 2.81. The van der Waals surface area contributed by atoms with Gasteiger partial charge in [-0.15, -0.1) is 0 Å². The van der Waals surface area contributed by atoms with Gasteiger partial charge in [0.1, 0.15) is 0 Å². The van der Waals surface area contributed by atoms with Crippen LogP contribution in [-0.4, -0.2) is 12.7 Å². The van der Waals surface area contributed by atoms with Crippen molar-refractivity contribution in [1.29, 1.82) is 0 Å². The maximum absolute atomic E-state index is 12.4. The summed E-state index contributed by atoms with van der Waals surface area (Å²) < 4.78 is 37.1. The summed E-state index contributed by atoms with van der Waals surface area (Å²) in [6, 6.07) is 0. The minimum absolute atomic E-state index is 0.329. The van der Waals surface area contributed by atoms with Crippen LogP contribution in [0.1, 0.15) is 19.3 Å². The second kappa shape index (κ2) is 3.54. The largest absolute Gasteiger partial charge is 0.414 e. The van der Waals surface area contributed by atoms with Gasteiger partial charge >= 0.3 is 6.18 Å². The third kappa shape index (κ3) is 2.12. The van der Waals surface area contributed by atoms with E-state index in [-0.39, 0.29) is 0 Å². The number of alkyl halides is 3. The molecule has 1 aliphatic carbocycles. The van der Waals surface area contributed by atoms with Gasteiger partial charge in [-0.25, -0.2) is 0 Å². The van der Waals surface area contributed by atoms with E-state index < -0.39 is 18.3 Å². The molecular formula is C9H12F3N. The van der Waals surface area contributed by atoms with Crippen molar-refractivity contribution in [3.63, 3.8) is 0 Å². The lowest BCUT2D eigenvalue weighted by atomic mass is 10.0. The van der Waals surface area contributed by atoms with E-state index in [2.05, 4.69) is 6.58 Å². The molecule has 0 aliphatic heterocycles. The van der Waals surface area contributed by atoms with Gasteiger partial charge in [0.15, 0.2) is 0 Å². The van der Waals surface area contributed by atoms with Gasteiger partial charge in [0.05, 0.1) is 5.57 Å². The topological polar surface area (TPSA) is 26.0 Å². The van der Waals surface area contributed by atoms with Gasteiger partial charge in [-0.2, -0.15) is 13.2 Å². The summed E-state index contributed by atoms with van der Waals surface area (Å²) >= 11 is 0. The molecule has 0 unspecified atom stereocenters. The van der Waals surface area contributed by atoms with Gasteiger partial charge in [-0.1, -0.05) is 12.2 Å². The number of halogens is 3. The summed E-state index contributed by atoms with van der Waals surface area (Å²) in [5, 5.41) is 0. The number of allylic oxidation sites excluding steroid dienone is 2. The van der Waals surface area contributed by atoms with Crippen LogP contribution in [0.25, 0.3) is 0 Å². The molecule has 0 radical (unpaired) electrons. The maximum Gasteiger partial charge on any atom is 0.414 e. The fraction of sp³-hybridized carbons (Fsp3) is 0.556. The first kappa shape index (κ1) is 10.3. The van der Waals surface area contributed by atoms with E-state index in [0.717, 1.165) is 6.42 Å². The summed E-state index contributed by atoms with van der Waals surface area (Å²) in [6.07, 6.45) is -2.41. The van der Waals surface area contributed by atoms with Gasteiger partial charge in [-0.3, -0.25) is 0 Å². The third-order valence-corrected chi connectivity index (χ3v) is 2.24. The molecule has 0 aromatic heterocycles. The maximum atomic E-state index is 12.4. The minimum atomic E-state index is -4.29. The van der Waals surface area contributed by atoms with Crippen molar-refractivity contribution in [2.45, 2.75) is 25.4 Å². The molecule has 1 fully saturated rings. The molecule has 2 N–H and O–H groups in total. The average molecular weight is 191 g/mol. The van der Waals surface area contributed by atoms with Crippen molar-refractivity contribution in [3.8, 4) is 0 Å². The smallest absolute Gasteiger partial charge is 0.326 e. The Morgan fingerprint density at radius 2 is 2.00 bits per heavy atom. The molecule has 1 nitrogen and oxygen atoms in total. The van der Waals surface area contributed by atoms with Crippen molar-refractivity contribution in [1.82, 2.24) is 0 Å². The zero-order valence-corrected chi connectivity index (χ0v) is 7.25. The molecule has 13 heavy (non-hydrogen) atoms. The number of rotatable bonds is 1. The summed E-state index contributed by atoms with van der Waals surface area (Å²) in [7, 11) is 0. The van der Waals surface area contributed by atoms with E-state index >= 15 is 0 Å². The van der Waals surface area contributed by atoms with Crippen LogP contribution < -0.4 is 5.73 Å². The van der Waals surface area contributed by atoms with E-state index in [1.807, 2.05) is 0 Å².